The van der Waals surface area contributed by atoms with Gasteiger partial charge < -0.3 is 8.83 Å². The summed E-state index contributed by atoms with van der Waals surface area (Å²) >= 11 is 3.61. The summed E-state index contributed by atoms with van der Waals surface area (Å²) in [7, 11) is 0. The van der Waals surface area contributed by atoms with Crippen LogP contribution >= 0.6 is 23.1 Å². The maximum absolute atomic E-state index is 6.99. The summed E-state index contributed by atoms with van der Waals surface area (Å²) in [6.07, 6.45) is 0. The number of fused-ring (bicyclic) bond motifs is 12. The van der Waals surface area contributed by atoms with E-state index in [2.05, 4.69) is 176 Å². The number of thioether (sulfide) groups is 1. The predicted molar refractivity (Wildman–Crippen MR) is 454 cm³/mol. The Hall–Kier alpha value is -14.3. The molecule has 0 saturated heterocycles. The van der Waals surface area contributed by atoms with Crippen LogP contribution in [0.4, 0.5) is 0 Å². The molecule has 0 aliphatic carbocycles. The second-order valence-electron chi connectivity index (χ2n) is 28.0. The van der Waals surface area contributed by atoms with Crippen molar-refractivity contribution in [2.75, 3.05) is 0 Å². The van der Waals surface area contributed by atoms with E-state index in [1.54, 1.807) is 11.3 Å². The minimum absolute atomic E-state index is 0.0285. The van der Waals surface area contributed by atoms with E-state index in [0.29, 0.717) is 63.5 Å². The molecule has 2 atom stereocenters. The lowest BCUT2D eigenvalue weighted by atomic mass is 9.93. The van der Waals surface area contributed by atoms with E-state index < -0.39 is 0 Å². The molecule has 14 heteroatoms. The van der Waals surface area contributed by atoms with Gasteiger partial charge in [0, 0.05) is 91.3 Å². The molecule has 0 saturated carbocycles. The van der Waals surface area contributed by atoms with Gasteiger partial charge in [0.1, 0.15) is 28.0 Å². The van der Waals surface area contributed by atoms with Gasteiger partial charge in [0.05, 0.1) is 17.0 Å². The van der Waals surface area contributed by atoms with E-state index in [1.165, 1.54) is 25.9 Å². The SMILES string of the molecule is c1ccc(-c2nc(-c3ccccc3)nc(-c3ccc4oc5cccc(-c6cccc(-c7nc(-c8ccccc8)c8oc9cc(-c%10cccc(C%11=NC(c%12ccc(-c%13ccc%14c(c%13)sc%13c(-c%15nc(-c%16ccccc%16)nc(-c%16ccccc%16)n%15)cccc%13%14)cc%12)=NC%12c%13ccccc%13SC%11%12)c%10)ccc9c8n7)c6)c5c4c3)n2)cc1. The minimum Gasteiger partial charge on any atom is -0.456 e. The molecule has 22 rings (SSSR count). The molecule has 12 nitrogen and oxygen atoms in total. The molecule has 524 valence electrons. The number of nitrogens with zero attached hydrogens (tertiary/aromatic N) is 10. The Kier molecular flexibility index (Phi) is 15.5. The van der Waals surface area contributed by atoms with Crippen LogP contribution in [0.2, 0.25) is 0 Å². The second-order valence-corrected chi connectivity index (χ2v) is 30.3. The number of aliphatic imine (C=N–C) groups is 2. The van der Waals surface area contributed by atoms with Crippen LogP contribution in [0.3, 0.4) is 0 Å². The van der Waals surface area contributed by atoms with E-state index in [4.69, 9.17) is 58.7 Å². The van der Waals surface area contributed by atoms with Gasteiger partial charge in [-0.2, -0.15) is 0 Å². The zero-order valence-corrected chi connectivity index (χ0v) is 61.2. The topological polar surface area (TPSA) is 154 Å². The average molecular weight is 1470 g/mol. The summed E-state index contributed by atoms with van der Waals surface area (Å²) in [5, 5.41) is 5.13. The fraction of sp³-hybridized carbons (Fsp3) is 0.0204. The normalized spacial score (nSPS) is 14.0. The fourth-order valence-electron chi connectivity index (χ4n) is 15.7. The average Bonchev–Trinajstić information content (AvgIpc) is 1.49. The Bertz CT molecular complexity index is 7120. The molecular weight excluding hydrogens is 1410 g/mol. The van der Waals surface area contributed by atoms with Gasteiger partial charge in [0.2, 0.25) is 0 Å². The molecule has 14 aromatic carbocycles. The first-order valence-corrected chi connectivity index (χ1v) is 38.8. The standard InChI is InChI=1S/C98H58N10O2S2/c1-6-22-58(23-7-1)84-88-86(101-96(99-84)69-35-19-33-67(53-69)71-37-21-40-79-83(71)77-54-70(48-51-78(77)109-79)97-105-92(59-24-8-2-9-25-59)103-93(106-97)60-26-10-3-11-27-60)74-50-47-65(55-80(74)110-88)64-32-18-34-68(52-64)85-90-87(75-36-16-17-41-81(75)111-90)102-91(100-85)63-44-42-57(43-45-63)66-46-49-72-73-38-20-39-76(89(73)112-82(72)56-66)98-107-94(61-28-12-4-13-29-61)104-95(108-98)62-30-14-5-15-31-62/h1-56,87,90H. The molecule has 0 spiro atoms. The lowest BCUT2D eigenvalue weighted by Crippen LogP contribution is -2.28. The first-order valence-electron chi connectivity index (χ1n) is 37.1. The first-order chi connectivity index (χ1) is 55.4. The van der Waals surface area contributed by atoms with Gasteiger partial charge in [-0.3, -0.25) is 4.99 Å². The Labute approximate surface area is 650 Å². The third-order valence-electron chi connectivity index (χ3n) is 21.2. The third kappa shape index (κ3) is 11.5. The van der Waals surface area contributed by atoms with Crippen LogP contribution in [0.5, 0.6) is 0 Å². The molecule has 112 heavy (non-hydrogen) atoms. The maximum Gasteiger partial charge on any atom is 0.180 e. The molecular formula is C98H58N10O2S2. The monoisotopic (exact) mass is 1470 g/mol. The number of rotatable bonds is 13. The van der Waals surface area contributed by atoms with Crippen molar-refractivity contribution in [3.63, 3.8) is 0 Å². The van der Waals surface area contributed by atoms with Gasteiger partial charge in [-0.05, 0) is 111 Å². The highest BCUT2D eigenvalue weighted by Crippen LogP contribution is 2.51. The first kappa shape index (κ1) is 64.8. The Morgan fingerprint density at radius 3 is 1.47 bits per heavy atom. The number of furan rings is 2. The Morgan fingerprint density at radius 2 is 0.786 bits per heavy atom. The lowest BCUT2D eigenvalue weighted by molar-refractivity contribution is 0.667. The van der Waals surface area contributed by atoms with Crippen molar-refractivity contribution in [1.29, 1.82) is 0 Å². The summed E-state index contributed by atoms with van der Waals surface area (Å²) in [6, 6.07) is 117. The third-order valence-corrected chi connectivity index (χ3v) is 23.8. The predicted octanol–water partition coefficient (Wildman–Crippen LogP) is 24.8. The summed E-state index contributed by atoms with van der Waals surface area (Å²) in [5.74, 6) is 4.96. The van der Waals surface area contributed by atoms with Crippen LogP contribution < -0.4 is 0 Å². The van der Waals surface area contributed by atoms with Crippen molar-refractivity contribution < 1.29 is 8.83 Å². The highest BCUT2D eigenvalue weighted by molar-refractivity contribution is 8.01. The number of benzene rings is 14. The van der Waals surface area contributed by atoms with Gasteiger partial charge in [0.15, 0.2) is 52.2 Å². The molecule has 0 fully saturated rings. The number of thiophene rings is 1. The van der Waals surface area contributed by atoms with Crippen molar-refractivity contribution in [1.82, 2.24) is 39.9 Å². The smallest absolute Gasteiger partial charge is 0.180 e. The zero-order chi connectivity index (χ0) is 73.7. The van der Waals surface area contributed by atoms with Crippen LogP contribution in [-0.4, -0.2) is 56.7 Å². The van der Waals surface area contributed by atoms with E-state index in [0.717, 1.165) is 132 Å². The molecule has 2 aliphatic rings. The van der Waals surface area contributed by atoms with Crippen LogP contribution in [0.25, 0.3) is 189 Å². The van der Waals surface area contributed by atoms with Gasteiger partial charge in [-0.1, -0.05) is 273 Å². The lowest BCUT2D eigenvalue weighted by Gasteiger charge is -2.24. The number of aromatic nitrogens is 8. The second kappa shape index (κ2) is 26.8. The fourth-order valence-corrected chi connectivity index (χ4v) is 18.4. The molecule has 20 aromatic rings. The highest BCUT2D eigenvalue weighted by Gasteiger charge is 2.40. The van der Waals surface area contributed by atoms with Crippen LogP contribution in [0, 0.1) is 0 Å². The Balaban J connectivity index is 0.582. The minimum atomic E-state index is -0.127. The molecule has 0 N–H and O–H groups in total. The van der Waals surface area contributed by atoms with Crippen molar-refractivity contribution >= 4 is 98.8 Å². The van der Waals surface area contributed by atoms with Crippen LogP contribution in [0.1, 0.15) is 22.7 Å². The van der Waals surface area contributed by atoms with Crippen LogP contribution in [-0.2, 0) is 0 Å². The Morgan fingerprint density at radius 1 is 0.286 bits per heavy atom. The van der Waals surface area contributed by atoms with E-state index in [-0.39, 0.29) is 11.3 Å². The van der Waals surface area contributed by atoms with Crippen molar-refractivity contribution in [2.24, 2.45) is 9.98 Å². The molecule has 0 radical (unpaired) electrons. The quantitative estimate of drug-likeness (QED) is 0.108. The highest BCUT2D eigenvalue weighted by atomic mass is 32.2. The molecule has 0 amide bonds. The maximum atomic E-state index is 6.99. The van der Waals surface area contributed by atoms with Crippen molar-refractivity contribution in [3.05, 3.63) is 356 Å². The number of hydrogen-bond acceptors (Lipinski definition) is 14. The molecule has 6 aromatic heterocycles. The van der Waals surface area contributed by atoms with Gasteiger partial charge >= 0.3 is 0 Å². The van der Waals surface area contributed by atoms with Gasteiger partial charge in [-0.15, -0.1) is 23.1 Å². The molecule has 8 heterocycles. The van der Waals surface area contributed by atoms with E-state index in [9.17, 15) is 0 Å². The summed E-state index contributed by atoms with van der Waals surface area (Å²) in [6.45, 7) is 0. The van der Waals surface area contributed by atoms with E-state index >= 15 is 0 Å². The molecule has 0 bridgehead atoms. The van der Waals surface area contributed by atoms with Gasteiger partial charge in [0.25, 0.3) is 0 Å². The van der Waals surface area contributed by atoms with Crippen LogP contribution in [0.15, 0.2) is 363 Å². The summed E-state index contributed by atoms with van der Waals surface area (Å²) < 4.78 is 15.9. The molecule has 2 aliphatic heterocycles. The van der Waals surface area contributed by atoms with Crippen molar-refractivity contribution in [2.45, 2.75) is 16.2 Å². The largest absolute Gasteiger partial charge is 0.456 e. The summed E-state index contributed by atoms with van der Waals surface area (Å²) in [5.41, 5.74) is 22.0. The molecule has 2 unspecified atom stereocenters. The van der Waals surface area contributed by atoms with Gasteiger partial charge in [-0.25, -0.2) is 44.9 Å². The number of amidine groups is 1. The number of hydrogen-bond donors (Lipinski definition) is 0. The van der Waals surface area contributed by atoms with Crippen molar-refractivity contribution in [3.8, 4) is 124 Å². The summed E-state index contributed by atoms with van der Waals surface area (Å²) in [4.78, 5) is 53.4. The zero-order valence-electron chi connectivity index (χ0n) is 59.6. The van der Waals surface area contributed by atoms with E-state index in [1.807, 2.05) is 176 Å².